The number of nitrogens with one attached hydrogen (secondary N) is 1. The third-order valence-corrected chi connectivity index (χ3v) is 4.12. The van der Waals surface area contributed by atoms with Crippen LogP contribution in [0.2, 0.25) is 0 Å². The maximum atomic E-state index is 13.0. The minimum atomic E-state index is -4.46. The molecule has 3 aromatic rings. The highest BCUT2D eigenvalue weighted by molar-refractivity contribution is 5.94. The number of halogens is 3. The number of pyridine rings is 1. The van der Waals surface area contributed by atoms with E-state index in [9.17, 15) is 18.0 Å². The molecule has 144 valence electrons. The van der Waals surface area contributed by atoms with Gasteiger partial charge in [-0.05, 0) is 38.0 Å². The number of amides is 1. The first-order valence-electron chi connectivity index (χ1n) is 8.48. The number of hydrogen-bond acceptors (Lipinski definition) is 3. The fourth-order valence-electron chi connectivity index (χ4n) is 2.89. The van der Waals surface area contributed by atoms with Crippen LogP contribution in [-0.4, -0.2) is 31.6 Å². The van der Waals surface area contributed by atoms with Crippen molar-refractivity contribution in [3.8, 4) is 0 Å². The summed E-state index contributed by atoms with van der Waals surface area (Å²) in [5.74, 6) is -0.517. The molecule has 0 radical (unpaired) electrons. The lowest BCUT2D eigenvalue weighted by atomic mass is 10.1. The second kappa shape index (κ2) is 7.05. The second-order valence-electron chi connectivity index (χ2n) is 6.73. The zero-order chi connectivity index (χ0) is 19.8. The van der Waals surface area contributed by atoms with Crippen molar-refractivity contribution in [3.63, 3.8) is 0 Å². The van der Waals surface area contributed by atoms with Gasteiger partial charge in [0.2, 0.25) is 0 Å². The highest BCUT2D eigenvalue weighted by atomic mass is 19.4. The Kier molecular flexibility index (Phi) is 4.95. The van der Waals surface area contributed by atoms with Crippen LogP contribution >= 0.6 is 0 Å². The minimum absolute atomic E-state index is 0.0582. The Morgan fingerprint density at radius 2 is 1.96 bits per heavy atom. The summed E-state index contributed by atoms with van der Waals surface area (Å²) in [7, 11) is 0. The molecular weight excluding hydrogens is 359 g/mol. The summed E-state index contributed by atoms with van der Waals surface area (Å²) in [5, 5.41) is 6.67. The second-order valence-corrected chi connectivity index (χ2v) is 6.73. The molecule has 0 fully saturated rings. The van der Waals surface area contributed by atoms with E-state index >= 15 is 0 Å². The van der Waals surface area contributed by atoms with E-state index in [0.717, 1.165) is 22.1 Å². The maximum Gasteiger partial charge on any atom is 0.433 e. The number of hydrogen-bond donors (Lipinski definition) is 1. The summed E-state index contributed by atoms with van der Waals surface area (Å²) in [6.45, 7) is 5.44. The van der Waals surface area contributed by atoms with Gasteiger partial charge in [0.1, 0.15) is 11.3 Å². The molecule has 0 aromatic carbocycles. The Bertz CT molecular complexity index is 973. The lowest BCUT2D eigenvalue weighted by Gasteiger charge is -2.16. The number of nitrogens with zero attached hydrogens (tertiary/aromatic N) is 4. The molecule has 9 heteroatoms. The third kappa shape index (κ3) is 4.29. The molecule has 0 aliphatic rings. The molecule has 0 aliphatic heterocycles. The summed E-state index contributed by atoms with van der Waals surface area (Å²) < 4.78 is 41.8. The van der Waals surface area contributed by atoms with Gasteiger partial charge >= 0.3 is 6.18 Å². The normalized spacial score (nSPS) is 13.1. The summed E-state index contributed by atoms with van der Waals surface area (Å²) in [4.78, 5) is 16.6. The predicted molar refractivity (Wildman–Crippen MR) is 93.4 cm³/mol. The number of rotatable bonds is 5. The molecule has 1 atom stereocenters. The molecule has 0 unspecified atom stereocenters. The minimum Gasteiger partial charge on any atom is -0.352 e. The molecule has 1 N–H and O–H groups in total. The van der Waals surface area contributed by atoms with E-state index < -0.39 is 11.9 Å². The summed E-state index contributed by atoms with van der Waals surface area (Å²) in [5.41, 5.74) is 1.57. The first-order chi connectivity index (χ1) is 12.6. The van der Waals surface area contributed by atoms with Gasteiger partial charge in [-0.25, -0.2) is 4.98 Å². The van der Waals surface area contributed by atoms with Crippen LogP contribution in [0.1, 0.15) is 34.4 Å². The Labute approximate surface area is 154 Å². The number of fused-ring (bicyclic) bond motifs is 1. The molecule has 0 saturated heterocycles. The Morgan fingerprint density at radius 1 is 1.22 bits per heavy atom. The summed E-state index contributed by atoms with van der Waals surface area (Å²) in [6, 6.07) is 4.43. The Morgan fingerprint density at radius 3 is 2.67 bits per heavy atom. The van der Waals surface area contributed by atoms with Gasteiger partial charge in [-0.2, -0.15) is 18.3 Å². The van der Waals surface area contributed by atoms with Crippen molar-refractivity contribution in [2.75, 3.05) is 6.54 Å². The van der Waals surface area contributed by atoms with Crippen molar-refractivity contribution >= 4 is 11.6 Å². The number of aromatic nitrogens is 4. The van der Waals surface area contributed by atoms with Crippen molar-refractivity contribution in [3.05, 3.63) is 53.2 Å². The molecule has 0 saturated carbocycles. The van der Waals surface area contributed by atoms with Crippen LogP contribution in [0, 0.1) is 19.8 Å². The quantitative estimate of drug-likeness (QED) is 0.740. The van der Waals surface area contributed by atoms with E-state index in [2.05, 4.69) is 15.4 Å². The fraction of sp³-hybridized carbons (Fsp3) is 0.389. The van der Waals surface area contributed by atoms with Gasteiger partial charge < -0.3 is 9.72 Å². The number of carbonyl (C=O) groups excluding carboxylic acids is 1. The van der Waals surface area contributed by atoms with Gasteiger partial charge in [-0.1, -0.05) is 6.92 Å². The molecular formula is C18H20F3N5O. The Balaban J connectivity index is 1.63. The van der Waals surface area contributed by atoms with E-state index in [1.54, 1.807) is 29.7 Å². The van der Waals surface area contributed by atoms with Crippen LogP contribution in [0.4, 0.5) is 13.2 Å². The lowest BCUT2D eigenvalue weighted by molar-refractivity contribution is -0.144. The highest BCUT2D eigenvalue weighted by Crippen LogP contribution is 2.30. The number of imidazole rings is 1. The van der Waals surface area contributed by atoms with Gasteiger partial charge in [0.05, 0.1) is 17.0 Å². The zero-order valence-corrected chi connectivity index (χ0v) is 15.2. The van der Waals surface area contributed by atoms with Crippen molar-refractivity contribution in [1.29, 1.82) is 0 Å². The predicted octanol–water partition coefficient (Wildman–Crippen LogP) is 3.23. The van der Waals surface area contributed by atoms with Crippen LogP contribution in [0.5, 0.6) is 0 Å². The first-order valence-corrected chi connectivity index (χ1v) is 8.48. The van der Waals surface area contributed by atoms with Gasteiger partial charge in [0.25, 0.3) is 5.91 Å². The number of carbonyl (C=O) groups is 1. The first kappa shape index (κ1) is 18.9. The van der Waals surface area contributed by atoms with Crippen molar-refractivity contribution in [1.82, 2.24) is 24.5 Å². The lowest BCUT2D eigenvalue weighted by Crippen LogP contribution is -2.31. The number of aryl methyl sites for hydroxylation is 2. The van der Waals surface area contributed by atoms with Gasteiger partial charge in [-0.15, -0.1) is 0 Å². The summed E-state index contributed by atoms with van der Waals surface area (Å²) >= 11 is 0. The molecule has 6 nitrogen and oxygen atoms in total. The van der Waals surface area contributed by atoms with Crippen LogP contribution in [0.3, 0.4) is 0 Å². The van der Waals surface area contributed by atoms with E-state index in [-0.39, 0.29) is 24.9 Å². The van der Waals surface area contributed by atoms with Crippen LogP contribution in [0.15, 0.2) is 30.6 Å². The van der Waals surface area contributed by atoms with Crippen molar-refractivity contribution < 1.29 is 18.0 Å². The molecule has 1 amide bonds. The van der Waals surface area contributed by atoms with Crippen LogP contribution < -0.4 is 5.32 Å². The average Bonchev–Trinajstić information content (AvgIpc) is 3.12. The van der Waals surface area contributed by atoms with E-state index in [4.69, 9.17) is 0 Å². The maximum absolute atomic E-state index is 13.0. The van der Waals surface area contributed by atoms with E-state index in [1.807, 2.05) is 13.1 Å². The van der Waals surface area contributed by atoms with Crippen molar-refractivity contribution in [2.24, 2.45) is 5.92 Å². The fourth-order valence-corrected chi connectivity index (χ4v) is 2.89. The standard InChI is InChI=1S/C18H20F3N5O/c1-11(8-26-15(18(19,20)21)6-12(2)24-26)7-22-17(27)14-4-5-16-23-13(3)9-25(16)10-14/h4-6,9-11H,7-8H2,1-3H3,(H,22,27)/t11-/m0/s1. The average molecular weight is 379 g/mol. The molecule has 3 aromatic heterocycles. The smallest absolute Gasteiger partial charge is 0.352 e. The molecule has 3 heterocycles. The van der Waals surface area contributed by atoms with Gasteiger partial charge in [-0.3, -0.25) is 9.48 Å². The largest absolute Gasteiger partial charge is 0.433 e. The molecule has 3 rings (SSSR count). The SMILES string of the molecule is Cc1cn2cc(C(=O)NC[C@H](C)Cn3nc(C)cc3C(F)(F)F)ccc2n1. The van der Waals surface area contributed by atoms with E-state index in [1.165, 1.54) is 6.92 Å². The van der Waals surface area contributed by atoms with E-state index in [0.29, 0.717) is 11.3 Å². The Hall–Kier alpha value is -2.84. The molecule has 0 bridgehead atoms. The highest BCUT2D eigenvalue weighted by Gasteiger charge is 2.35. The zero-order valence-electron chi connectivity index (χ0n) is 15.2. The monoisotopic (exact) mass is 379 g/mol. The molecule has 0 spiro atoms. The van der Waals surface area contributed by atoms with Crippen molar-refractivity contribution in [2.45, 2.75) is 33.5 Å². The molecule has 0 aliphatic carbocycles. The molecule has 27 heavy (non-hydrogen) atoms. The topological polar surface area (TPSA) is 64.2 Å². The third-order valence-electron chi connectivity index (χ3n) is 4.12. The van der Waals surface area contributed by atoms with Gasteiger partial charge in [0.15, 0.2) is 0 Å². The van der Waals surface area contributed by atoms with Gasteiger partial charge in [0, 0.05) is 25.5 Å². The number of alkyl halides is 3. The van der Waals surface area contributed by atoms with Crippen LogP contribution in [-0.2, 0) is 12.7 Å². The summed E-state index contributed by atoms with van der Waals surface area (Å²) in [6.07, 6.45) is -0.968. The van der Waals surface area contributed by atoms with Crippen LogP contribution in [0.25, 0.3) is 5.65 Å².